The van der Waals surface area contributed by atoms with Crippen molar-refractivity contribution >= 4 is 22.6 Å². The molecule has 0 aliphatic carbocycles. The van der Waals surface area contributed by atoms with Crippen LogP contribution >= 0.6 is 11.5 Å². The van der Waals surface area contributed by atoms with Crippen LogP contribution in [0.2, 0.25) is 0 Å². The second-order valence-corrected chi connectivity index (χ2v) is 4.36. The normalized spacial score (nSPS) is 11.6. The van der Waals surface area contributed by atoms with Crippen LogP contribution in [0.4, 0.5) is 5.13 Å². The molecule has 0 bridgehead atoms. The van der Waals surface area contributed by atoms with Gasteiger partial charge in [-0.25, -0.2) is 4.98 Å². The fourth-order valence-electron chi connectivity index (χ4n) is 1.46. The number of carbonyl (C=O) groups excluding carboxylic acids is 1. The third-order valence-corrected chi connectivity index (χ3v) is 3.00. The van der Waals surface area contributed by atoms with Crippen molar-refractivity contribution in [3.05, 3.63) is 41.7 Å². The summed E-state index contributed by atoms with van der Waals surface area (Å²) in [7, 11) is 0. The lowest BCUT2D eigenvalue weighted by Crippen LogP contribution is -2.19. The lowest BCUT2D eigenvalue weighted by atomic mass is 10.0. The summed E-state index contributed by atoms with van der Waals surface area (Å²) in [6, 6.07) is 10.9. The van der Waals surface area contributed by atoms with Crippen molar-refractivity contribution in [2.24, 2.45) is 0 Å². The SMILES string of the molecule is Cc1nsc(NC(=O)C(C#N)c2ccccc2)n1. The average Bonchev–Trinajstić information content (AvgIpc) is 2.77. The summed E-state index contributed by atoms with van der Waals surface area (Å²) >= 11 is 1.10. The molecule has 6 heteroatoms. The number of carbonyl (C=O) groups is 1. The Kier molecular flexibility index (Phi) is 3.65. The van der Waals surface area contributed by atoms with E-state index in [9.17, 15) is 4.79 Å². The van der Waals surface area contributed by atoms with E-state index in [0.717, 1.165) is 11.5 Å². The third-order valence-electron chi connectivity index (χ3n) is 2.28. The number of nitrogens with zero attached hydrogens (tertiary/aromatic N) is 3. The monoisotopic (exact) mass is 258 g/mol. The standard InChI is InChI=1S/C12H10N4OS/c1-8-14-12(18-16-8)15-11(17)10(7-13)9-5-3-2-4-6-9/h2-6,10H,1H3,(H,14,15,16,17). The number of nitriles is 1. The Morgan fingerprint density at radius 1 is 1.44 bits per heavy atom. The molecule has 1 heterocycles. The smallest absolute Gasteiger partial charge is 0.248 e. The summed E-state index contributed by atoms with van der Waals surface area (Å²) in [6.07, 6.45) is 0. The van der Waals surface area contributed by atoms with Crippen LogP contribution in [0.5, 0.6) is 0 Å². The fraction of sp³-hybridized carbons (Fsp3) is 0.167. The van der Waals surface area contributed by atoms with Gasteiger partial charge in [0.15, 0.2) is 5.92 Å². The highest BCUT2D eigenvalue weighted by atomic mass is 32.1. The van der Waals surface area contributed by atoms with Gasteiger partial charge in [0.05, 0.1) is 6.07 Å². The summed E-state index contributed by atoms with van der Waals surface area (Å²) < 4.78 is 3.96. The summed E-state index contributed by atoms with van der Waals surface area (Å²) in [5.41, 5.74) is 0.665. The average molecular weight is 258 g/mol. The number of hydrogen-bond donors (Lipinski definition) is 1. The molecule has 0 aliphatic heterocycles. The molecule has 1 unspecified atom stereocenters. The molecule has 2 rings (SSSR count). The van der Waals surface area contributed by atoms with E-state index in [1.54, 1.807) is 31.2 Å². The first-order valence-electron chi connectivity index (χ1n) is 5.26. The second kappa shape index (κ2) is 5.38. The van der Waals surface area contributed by atoms with E-state index in [2.05, 4.69) is 14.7 Å². The molecule has 1 aromatic heterocycles. The molecule has 0 aliphatic rings. The van der Waals surface area contributed by atoms with Gasteiger partial charge in [0.2, 0.25) is 11.0 Å². The Balaban J connectivity index is 2.15. The lowest BCUT2D eigenvalue weighted by molar-refractivity contribution is -0.116. The van der Waals surface area contributed by atoms with Gasteiger partial charge in [-0.3, -0.25) is 10.1 Å². The van der Waals surface area contributed by atoms with Crippen LogP contribution in [0.3, 0.4) is 0 Å². The van der Waals surface area contributed by atoms with Crippen molar-refractivity contribution in [2.75, 3.05) is 5.32 Å². The number of anilines is 1. The maximum Gasteiger partial charge on any atom is 0.248 e. The van der Waals surface area contributed by atoms with Gasteiger partial charge in [-0.2, -0.15) is 9.64 Å². The second-order valence-electron chi connectivity index (χ2n) is 3.61. The summed E-state index contributed by atoms with van der Waals surface area (Å²) in [4.78, 5) is 16.0. The minimum atomic E-state index is -0.838. The van der Waals surface area contributed by atoms with Gasteiger partial charge in [0.25, 0.3) is 0 Å². The maximum atomic E-state index is 12.0. The van der Waals surface area contributed by atoms with E-state index in [1.807, 2.05) is 12.1 Å². The van der Waals surface area contributed by atoms with Crippen molar-refractivity contribution in [1.29, 1.82) is 5.26 Å². The maximum absolute atomic E-state index is 12.0. The number of nitrogens with one attached hydrogen (secondary N) is 1. The Bertz CT molecular complexity index is 588. The van der Waals surface area contributed by atoms with Crippen LogP contribution in [-0.4, -0.2) is 15.3 Å². The van der Waals surface area contributed by atoms with E-state index < -0.39 is 5.92 Å². The quantitative estimate of drug-likeness (QED) is 0.914. The lowest BCUT2D eigenvalue weighted by Gasteiger charge is -2.07. The van der Waals surface area contributed by atoms with Gasteiger partial charge in [0.1, 0.15) is 5.82 Å². The number of benzene rings is 1. The Morgan fingerprint density at radius 2 is 2.17 bits per heavy atom. The molecule has 18 heavy (non-hydrogen) atoms. The van der Waals surface area contributed by atoms with Crippen LogP contribution < -0.4 is 5.32 Å². The number of aromatic nitrogens is 2. The van der Waals surface area contributed by atoms with Gasteiger partial charge in [-0.05, 0) is 12.5 Å². The number of rotatable bonds is 3. The first kappa shape index (κ1) is 12.2. The van der Waals surface area contributed by atoms with E-state index >= 15 is 0 Å². The van der Waals surface area contributed by atoms with Gasteiger partial charge in [-0.1, -0.05) is 30.3 Å². The minimum Gasteiger partial charge on any atom is -0.299 e. The topological polar surface area (TPSA) is 78.7 Å². The van der Waals surface area contributed by atoms with E-state index in [1.165, 1.54) is 0 Å². The predicted octanol–water partition coefficient (Wildman–Crippen LogP) is 2.09. The van der Waals surface area contributed by atoms with E-state index in [0.29, 0.717) is 16.5 Å². The summed E-state index contributed by atoms with van der Waals surface area (Å²) in [6.45, 7) is 1.74. The van der Waals surface area contributed by atoms with Crippen LogP contribution in [0.1, 0.15) is 17.3 Å². The Morgan fingerprint density at radius 3 is 2.72 bits per heavy atom. The largest absolute Gasteiger partial charge is 0.299 e. The molecule has 0 fully saturated rings. The van der Waals surface area contributed by atoms with Gasteiger partial charge >= 0.3 is 0 Å². The molecule has 0 saturated heterocycles. The Hall–Kier alpha value is -2.26. The molecule has 5 nitrogen and oxygen atoms in total. The number of amides is 1. The van der Waals surface area contributed by atoms with Crippen molar-refractivity contribution in [1.82, 2.24) is 9.36 Å². The molecule has 2 aromatic rings. The van der Waals surface area contributed by atoms with Crippen molar-refractivity contribution < 1.29 is 4.79 Å². The van der Waals surface area contributed by atoms with Gasteiger partial charge in [0, 0.05) is 11.5 Å². The van der Waals surface area contributed by atoms with E-state index in [-0.39, 0.29) is 5.91 Å². The number of hydrogen-bond acceptors (Lipinski definition) is 5. The van der Waals surface area contributed by atoms with Crippen LogP contribution in [0.25, 0.3) is 0 Å². The molecule has 0 spiro atoms. The first-order chi connectivity index (χ1) is 8.70. The first-order valence-corrected chi connectivity index (χ1v) is 6.04. The van der Waals surface area contributed by atoms with Crippen molar-refractivity contribution in [3.8, 4) is 6.07 Å². The van der Waals surface area contributed by atoms with Crippen molar-refractivity contribution in [3.63, 3.8) is 0 Å². The Labute approximate surface area is 108 Å². The van der Waals surface area contributed by atoms with Crippen LogP contribution in [0, 0.1) is 18.3 Å². The molecular weight excluding hydrogens is 248 g/mol. The zero-order valence-corrected chi connectivity index (χ0v) is 10.4. The van der Waals surface area contributed by atoms with Crippen molar-refractivity contribution in [2.45, 2.75) is 12.8 Å². The minimum absolute atomic E-state index is 0.389. The molecule has 1 atom stereocenters. The zero-order valence-electron chi connectivity index (χ0n) is 9.62. The van der Waals surface area contributed by atoms with Crippen LogP contribution in [0.15, 0.2) is 30.3 Å². The molecule has 1 amide bonds. The van der Waals surface area contributed by atoms with Gasteiger partial charge < -0.3 is 0 Å². The number of aryl methyl sites for hydroxylation is 1. The fourth-order valence-corrected chi connectivity index (χ4v) is 2.03. The highest BCUT2D eigenvalue weighted by molar-refractivity contribution is 7.09. The molecule has 1 aromatic carbocycles. The van der Waals surface area contributed by atoms with Crippen LogP contribution in [-0.2, 0) is 4.79 Å². The van der Waals surface area contributed by atoms with Gasteiger partial charge in [-0.15, -0.1) is 0 Å². The summed E-state index contributed by atoms with van der Waals surface area (Å²) in [5, 5.41) is 12.1. The molecule has 90 valence electrons. The highest BCUT2D eigenvalue weighted by Gasteiger charge is 2.20. The third kappa shape index (κ3) is 2.70. The van der Waals surface area contributed by atoms with E-state index in [4.69, 9.17) is 5.26 Å². The zero-order chi connectivity index (χ0) is 13.0. The molecule has 0 radical (unpaired) electrons. The molecule has 0 saturated carbocycles. The molecular formula is C12H10N4OS. The highest BCUT2D eigenvalue weighted by Crippen LogP contribution is 2.18. The summed E-state index contributed by atoms with van der Waals surface area (Å²) in [5.74, 6) is -0.626. The predicted molar refractivity (Wildman–Crippen MR) is 68.1 cm³/mol. The molecule has 1 N–H and O–H groups in total.